The zero-order chi connectivity index (χ0) is 13.9. The molecule has 1 aromatic heterocycles. The third-order valence-electron chi connectivity index (χ3n) is 3.43. The van der Waals surface area contributed by atoms with E-state index in [-0.39, 0.29) is 0 Å². The summed E-state index contributed by atoms with van der Waals surface area (Å²) in [6.45, 7) is 2.28. The Hall–Kier alpha value is -2.25. The lowest BCUT2D eigenvalue weighted by Crippen LogP contribution is -2.20. The van der Waals surface area contributed by atoms with Crippen LogP contribution in [0.2, 0.25) is 0 Å². The van der Waals surface area contributed by atoms with E-state index < -0.39 is 0 Å². The Morgan fingerprint density at radius 1 is 1.25 bits per heavy atom. The Bertz CT molecular complexity index is 679. The molecule has 0 bridgehead atoms. The number of ether oxygens (including phenoxy) is 1. The van der Waals surface area contributed by atoms with E-state index in [2.05, 4.69) is 35.0 Å². The molecule has 0 saturated carbocycles. The van der Waals surface area contributed by atoms with Crippen LogP contribution in [0.5, 0.6) is 0 Å². The third kappa shape index (κ3) is 2.54. The first-order valence-corrected chi connectivity index (χ1v) is 6.65. The van der Waals surface area contributed by atoms with E-state index in [1.807, 2.05) is 25.4 Å². The Morgan fingerprint density at radius 2 is 2.15 bits per heavy atom. The molecule has 0 unspecified atom stereocenters. The maximum absolute atomic E-state index is 5.66. The number of hydrogen-bond donors (Lipinski definition) is 0. The summed E-state index contributed by atoms with van der Waals surface area (Å²) in [7, 11) is 3.98. The van der Waals surface area contributed by atoms with Gasteiger partial charge in [0.1, 0.15) is 0 Å². The second-order valence-corrected chi connectivity index (χ2v) is 4.93. The van der Waals surface area contributed by atoms with Gasteiger partial charge in [-0.25, -0.2) is 0 Å². The number of fused-ring (bicyclic) bond motifs is 1. The van der Waals surface area contributed by atoms with Gasteiger partial charge in [0.15, 0.2) is 0 Å². The standard InChI is InChI=1S/C16H17N3O/c1-18-8-9-20-12-15-14(4-3-5-16(15)18)7-6-13-10-17-19(2)11-13/h3-5,10-11H,8-9,12H2,1-2H3. The van der Waals surface area contributed by atoms with Gasteiger partial charge in [-0.05, 0) is 12.1 Å². The Morgan fingerprint density at radius 3 is 2.95 bits per heavy atom. The van der Waals surface area contributed by atoms with Crippen molar-refractivity contribution in [2.75, 3.05) is 25.1 Å². The second kappa shape index (κ2) is 5.40. The zero-order valence-corrected chi connectivity index (χ0v) is 11.8. The van der Waals surface area contributed by atoms with E-state index in [1.165, 1.54) is 11.3 Å². The fraction of sp³-hybridized carbons (Fsp3) is 0.312. The van der Waals surface area contributed by atoms with Crippen LogP contribution in [0.3, 0.4) is 0 Å². The summed E-state index contributed by atoms with van der Waals surface area (Å²) in [4.78, 5) is 2.22. The summed E-state index contributed by atoms with van der Waals surface area (Å²) >= 11 is 0. The van der Waals surface area contributed by atoms with Crippen LogP contribution in [0.1, 0.15) is 16.7 Å². The van der Waals surface area contributed by atoms with Gasteiger partial charge in [-0.2, -0.15) is 5.10 Å². The molecular weight excluding hydrogens is 250 g/mol. The zero-order valence-electron chi connectivity index (χ0n) is 11.8. The predicted molar refractivity (Wildman–Crippen MR) is 78.6 cm³/mol. The van der Waals surface area contributed by atoms with Gasteiger partial charge >= 0.3 is 0 Å². The maximum atomic E-state index is 5.66. The van der Waals surface area contributed by atoms with Crippen molar-refractivity contribution in [3.05, 3.63) is 47.3 Å². The largest absolute Gasteiger partial charge is 0.375 e. The average molecular weight is 267 g/mol. The number of rotatable bonds is 0. The first kappa shape index (κ1) is 12.8. The van der Waals surface area contributed by atoms with E-state index in [0.717, 1.165) is 24.3 Å². The smallest absolute Gasteiger partial charge is 0.0750 e. The molecule has 0 spiro atoms. The van der Waals surface area contributed by atoms with Gasteiger partial charge in [0.05, 0.1) is 25.0 Å². The molecule has 20 heavy (non-hydrogen) atoms. The van der Waals surface area contributed by atoms with Crippen molar-refractivity contribution >= 4 is 5.69 Å². The molecule has 3 rings (SSSR count). The van der Waals surface area contributed by atoms with Crippen LogP contribution in [-0.4, -0.2) is 30.0 Å². The molecule has 4 heteroatoms. The predicted octanol–water partition coefficient (Wildman–Crippen LogP) is 1.79. The molecule has 0 fully saturated rings. The van der Waals surface area contributed by atoms with Crippen LogP contribution in [0.4, 0.5) is 5.69 Å². The molecule has 0 aliphatic carbocycles. The minimum Gasteiger partial charge on any atom is -0.375 e. The fourth-order valence-electron chi connectivity index (χ4n) is 2.32. The fourth-order valence-corrected chi connectivity index (χ4v) is 2.32. The van der Waals surface area contributed by atoms with E-state index in [4.69, 9.17) is 4.74 Å². The number of hydrogen-bond acceptors (Lipinski definition) is 3. The summed E-state index contributed by atoms with van der Waals surface area (Å²) < 4.78 is 7.42. The molecule has 1 aliphatic heterocycles. The van der Waals surface area contributed by atoms with Crippen molar-refractivity contribution < 1.29 is 4.74 Å². The SMILES string of the molecule is CN1CCOCc2c(C#Cc3cnn(C)c3)cccc21. The normalized spacial score (nSPS) is 14.2. The van der Waals surface area contributed by atoms with Crippen molar-refractivity contribution in [1.82, 2.24) is 9.78 Å². The molecule has 0 atom stereocenters. The van der Waals surface area contributed by atoms with Crippen molar-refractivity contribution in [3.63, 3.8) is 0 Å². The molecule has 1 aromatic carbocycles. The minimum atomic E-state index is 0.623. The van der Waals surface area contributed by atoms with Crippen LogP contribution >= 0.6 is 0 Å². The number of aryl methyl sites for hydroxylation is 1. The van der Waals surface area contributed by atoms with Crippen molar-refractivity contribution in [2.45, 2.75) is 6.61 Å². The van der Waals surface area contributed by atoms with Gasteiger partial charge in [-0.15, -0.1) is 0 Å². The van der Waals surface area contributed by atoms with Gasteiger partial charge in [0, 0.05) is 43.7 Å². The second-order valence-electron chi connectivity index (χ2n) is 4.93. The lowest BCUT2D eigenvalue weighted by Gasteiger charge is -2.18. The average Bonchev–Trinajstić information content (AvgIpc) is 2.77. The molecular formula is C16H17N3O. The Balaban J connectivity index is 1.99. The van der Waals surface area contributed by atoms with Crippen LogP contribution in [0.25, 0.3) is 0 Å². The van der Waals surface area contributed by atoms with E-state index in [0.29, 0.717) is 6.61 Å². The summed E-state index contributed by atoms with van der Waals surface area (Å²) in [6, 6.07) is 6.22. The number of anilines is 1. The molecule has 2 heterocycles. The lowest BCUT2D eigenvalue weighted by atomic mass is 10.1. The van der Waals surface area contributed by atoms with Crippen LogP contribution in [-0.2, 0) is 18.4 Å². The van der Waals surface area contributed by atoms with Gasteiger partial charge < -0.3 is 9.64 Å². The molecule has 1 aliphatic rings. The van der Waals surface area contributed by atoms with Gasteiger partial charge in [0.25, 0.3) is 0 Å². The van der Waals surface area contributed by atoms with E-state index in [1.54, 1.807) is 10.9 Å². The van der Waals surface area contributed by atoms with E-state index in [9.17, 15) is 0 Å². The molecule has 102 valence electrons. The first-order chi connectivity index (χ1) is 9.74. The van der Waals surface area contributed by atoms with Crippen LogP contribution in [0.15, 0.2) is 30.6 Å². The van der Waals surface area contributed by atoms with Gasteiger partial charge in [-0.1, -0.05) is 17.9 Å². The van der Waals surface area contributed by atoms with Crippen molar-refractivity contribution in [3.8, 4) is 11.8 Å². The van der Waals surface area contributed by atoms with E-state index >= 15 is 0 Å². The highest BCUT2D eigenvalue weighted by Crippen LogP contribution is 2.25. The topological polar surface area (TPSA) is 30.3 Å². The number of benzene rings is 1. The quantitative estimate of drug-likeness (QED) is 0.682. The van der Waals surface area contributed by atoms with Crippen LogP contribution in [0, 0.1) is 11.8 Å². The van der Waals surface area contributed by atoms with Gasteiger partial charge in [0.2, 0.25) is 0 Å². The van der Waals surface area contributed by atoms with Crippen LogP contribution < -0.4 is 4.90 Å². The summed E-state index contributed by atoms with van der Waals surface area (Å²) in [5.74, 6) is 6.40. The summed E-state index contributed by atoms with van der Waals surface area (Å²) in [5, 5.41) is 4.12. The lowest BCUT2D eigenvalue weighted by molar-refractivity contribution is 0.132. The highest BCUT2D eigenvalue weighted by Gasteiger charge is 2.14. The highest BCUT2D eigenvalue weighted by atomic mass is 16.5. The molecule has 2 aromatic rings. The molecule has 0 N–H and O–H groups in total. The molecule has 0 radical (unpaired) electrons. The molecule has 4 nitrogen and oxygen atoms in total. The summed E-state index contributed by atoms with van der Waals surface area (Å²) in [6.07, 6.45) is 3.69. The Labute approximate surface area is 119 Å². The number of nitrogens with zero attached hydrogens (tertiary/aromatic N) is 3. The molecule has 0 amide bonds. The Kier molecular flexibility index (Phi) is 3.44. The number of aromatic nitrogens is 2. The van der Waals surface area contributed by atoms with Gasteiger partial charge in [-0.3, -0.25) is 4.68 Å². The van der Waals surface area contributed by atoms with Crippen molar-refractivity contribution in [1.29, 1.82) is 0 Å². The first-order valence-electron chi connectivity index (χ1n) is 6.65. The number of likely N-dealkylation sites (N-methyl/N-ethyl adjacent to an activating group) is 1. The van der Waals surface area contributed by atoms with Crippen molar-refractivity contribution in [2.24, 2.45) is 7.05 Å². The highest BCUT2D eigenvalue weighted by molar-refractivity contribution is 5.61. The summed E-state index contributed by atoms with van der Waals surface area (Å²) in [5.41, 5.74) is 4.33. The monoisotopic (exact) mass is 267 g/mol. The minimum absolute atomic E-state index is 0.623. The molecule has 0 saturated heterocycles. The third-order valence-corrected chi connectivity index (χ3v) is 3.43. The maximum Gasteiger partial charge on any atom is 0.0750 e.